The first-order valence-electron chi connectivity index (χ1n) is 5.66. The van der Waals surface area contributed by atoms with Gasteiger partial charge in [-0.25, -0.2) is 0 Å². The van der Waals surface area contributed by atoms with Crippen molar-refractivity contribution in [3.8, 4) is 5.75 Å². The molecular formula is C13H15BrN2O2. The lowest BCUT2D eigenvalue weighted by Crippen LogP contribution is -2.08. The summed E-state index contributed by atoms with van der Waals surface area (Å²) in [6, 6.07) is 7.56. The molecule has 2 aromatic rings. The fourth-order valence-electron chi connectivity index (χ4n) is 1.64. The summed E-state index contributed by atoms with van der Waals surface area (Å²) in [5, 5.41) is 3.88. The minimum atomic E-state index is -0.0865. The van der Waals surface area contributed by atoms with Crippen molar-refractivity contribution in [3.63, 3.8) is 0 Å². The van der Waals surface area contributed by atoms with Crippen molar-refractivity contribution in [2.75, 3.05) is 0 Å². The van der Waals surface area contributed by atoms with Crippen LogP contribution in [0.15, 0.2) is 33.3 Å². The van der Waals surface area contributed by atoms with Gasteiger partial charge in [0, 0.05) is 22.1 Å². The van der Waals surface area contributed by atoms with Crippen LogP contribution >= 0.6 is 15.9 Å². The van der Waals surface area contributed by atoms with E-state index in [4.69, 9.17) is 15.0 Å². The van der Waals surface area contributed by atoms with E-state index in [0.717, 1.165) is 27.2 Å². The molecule has 0 amide bonds. The number of rotatable bonds is 4. The highest BCUT2D eigenvalue weighted by Crippen LogP contribution is 2.28. The molecule has 0 aliphatic heterocycles. The van der Waals surface area contributed by atoms with Crippen LogP contribution in [0.2, 0.25) is 0 Å². The molecule has 2 N–H and O–H groups in total. The maximum Gasteiger partial charge on any atom is 0.134 e. The third-order valence-corrected chi connectivity index (χ3v) is 3.01. The van der Waals surface area contributed by atoms with Gasteiger partial charge < -0.3 is 15.0 Å². The quantitative estimate of drug-likeness (QED) is 0.940. The van der Waals surface area contributed by atoms with Crippen LogP contribution in [-0.4, -0.2) is 5.16 Å². The molecule has 1 aromatic carbocycles. The molecule has 0 spiro atoms. The fraction of sp³-hybridized carbons (Fsp3) is 0.308. The highest BCUT2D eigenvalue weighted by Gasteiger charge is 2.10. The van der Waals surface area contributed by atoms with Crippen molar-refractivity contribution in [1.29, 1.82) is 0 Å². The third-order valence-electron chi connectivity index (χ3n) is 2.51. The maximum absolute atomic E-state index is 5.92. The standard InChI is InChI=1S/C13H15BrN2O2/c1-8-5-11(16-18-8)7-17-13-4-3-10(14)6-12(13)9(2)15/h3-6,9H,7,15H2,1-2H3. The monoisotopic (exact) mass is 310 g/mol. The van der Waals surface area contributed by atoms with Gasteiger partial charge in [0.15, 0.2) is 0 Å². The molecule has 0 aliphatic carbocycles. The summed E-state index contributed by atoms with van der Waals surface area (Å²) in [6.45, 7) is 4.15. The molecule has 2 rings (SSSR count). The van der Waals surface area contributed by atoms with Gasteiger partial charge in [-0.15, -0.1) is 0 Å². The largest absolute Gasteiger partial charge is 0.487 e. The number of aromatic nitrogens is 1. The van der Waals surface area contributed by atoms with Crippen LogP contribution < -0.4 is 10.5 Å². The summed E-state index contributed by atoms with van der Waals surface area (Å²) in [5.74, 6) is 1.55. The summed E-state index contributed by atoms with van der Waals surface area (Å²) in [5.41, 5.74) is 7.65. The van der Waals surface area contributed by atoms with Crippen molar-refractivity contribution in [1.82, 2.24) is 5.16 Å². The number of aryl methyl sites for hydroxylation is 1. The van der Waals surface area contributed by atoms with E-state index in [1.54, 1.807) is 0 Å². The highest BCUT2D eigenvalue weighted by atomic mass is 79.9. The zero-order chi connectivity index (χ0) is 13.1. The number of ether oxygens (including phenoxy) is 1. The third kappa shape index (κ3) is 3.11. The number of nitrogens with zero attached hydrogens (tertiary/aromatic N) is 1. The van der Waals surface area contributed by atoms with Gasteiger partial charge in [-0.05, 0) is 32.0 Å². The Kier molecular flexibility index (Phi) is 4.04. The number of benzene rings is 1. The van der Waals surface area contributed by atoms with Crippen LogP contribution in [0.3, 0.4) is 0 Å². The molecule has 0 saturated carbocycles. The lowest BCUT2D eigenvalue weighted by molar-refractivity contribution is 0.284. The second kappa shape index (κ2) is 5.54. The number of halogens is 1. The normalized spacial score (nSPS) is 12.4. The van der Waals surface area contributed by atoms with E-state index >= 15 is 0 Å². The summed E-state index contributed by atoms with van der Waals surface area (Å²) in [7, 11) is 0. The van der Waals surface area contributed by atoms with E-state index in [2.05, 4.69) is 21.1 Å². The number of nitrogens with two attached hydrogens (primary N) is 1. The van der Waals surface area contributed by atoms with Crippen molar-refractivity contribution < 1.29 is 9.26 Å². The Morgan fingerprint density at radius 2 is 2.22 bits per heavy atom. The van der Waals surface area contributed by atoms with Crippen LogP contribution in [0.25, 0.3) is 0 Å². The minimum absolute atomic E-state index is 0.0865. The van der Waals surface area contributed by atoms with Crippen molar-refractivity contribution in [2.24, 2.45) is 5.73 Å². The van der Waals surface area contributed by atoms with E-state index in [-0.39, 0.29) is 6.04 Å². The molecule has 0 fully saturated rings. The Balaban J connectivity index is 2.13. The Labute approximate surface area is 114 Å². The molecule has 4 nitrogen and oxygen atoms in total. The second-order valence-electron chi connectivity index (χ2n) is 4.19. The van der Waals surface area contributed by atoms with Gasteiger partial charge in [0.05, 0.1) is 0 Å². The summed E-state index contributed by atoms with van der Waals surface area (Å²) < 4.78 is 11.7. The Morgan fingerprint density at radius 1 is 1.44 bits per heavy atom. The Hall–Kier alpha value is -1.33. The van der Waals surface area contributed by atoms with Gasteiger partial charge in [-0.3, -0.25) is 0 Å². The van der Waals surface area contributed by atoms with E-state index < -0.39 is 0 Å². The molecule has 0 saturated heterocycles. The average Bonchev–Trinajstić information content (AvgIpc) is 2.73. The van der Waals surface area contributed by atoms with Gasteiger partial charge in [0.1, 0.15) is 23.8 Å². The van der Waals surface area contributed by atoms with Gasteiger partial charge in [-0.2, -0.15) is 0 Å². The van der Waals surface area contributed by atoms with Gasteiger partial charge in [-0.1, -0.05) is 21.1 Å². The molecule has 0 bridgehead atoms. The predicted octanol–water partition coefficient (Wildman–Crippen LogP) is 3.34. The molecule has 1 atom stereocenters. The Bertz CT molecular complexity index is 538. The van der Waals surface area contributed by atoms with E-state index in [9.17, 15) is 0 Å². The van der Waals surface area contributed by atoms with Gasteiger partial charge in [0.25, 0.3) is 0 Å². The molecule has 1 heterocycles. The zero-order valence-electron chi connectivity index (χ0n) is 10.3. The first-order chi connectivity index (χ1) is 8.56. The molecule has 0 aliphatic rings. The van der Waals surface area contributed by atoms with Crippen molar-refractivity contribution in [2.45, 2.75) is 26.5 Å². The van der Waals surface area contributed by atoms with Crippen molar-refractivity contribution >= 4 is 15.9 Å². The topological polar surface area (TPSA) is 61.3 Å². The zero-order valence-corrected chi connectivity index (χ0v) is 11.9. The number of hydrogen-bond acceptors (Lipinski definition) is 4. The average molecular weight is 311 g/mol. The highest BCUT2D eigenvalue weighted by molar-refractivity contribution is 9.10. The first-order valence-corrected chi connectivity index (χ1v) is 6.45. The summed E-state index contributed by atoms with van der Waals surface area (Å²) in [6.07, 6.45) is 0. The Morgan fingerprint density at radius 3 is 2.83 bits per heavy atom. The lowest BCUT2D eigenvalue weighted by atomic mass is 10.1. The lowest BCUT2D eigenvalue weighted by Gasteiger charge is -2.13. The maximum atomic E-state index is 5.92. The van der Waals surface area contributed by atoms with Gasteiger partial charge in [0.2, 0.25) is 0 Å². The van der Waals surface area contributed by atoms with E-state index in [1.165, 1.54) is 0 Å². The smallest absolute Gasteiger partial charge is 0.134 e. The second-order valence-corrected chi connectivity index (χ2v) is 5.10. The van der Waals surface area contributed by atoms with E-state index in [0.29, 0.717) is 6.61 Å². The van der Waals surface area contributed by atoms with Gasteiger partial charge >= 0.3 is 0 Å². The van der Waals surface area contributed by atoms with Crippen LogP contribution in [0.5, 0.6) is 5.75 Å². The molecule has 0 radical (unpaired) electrons. The molecule has 96 valence electrons. The van der Waals surface area contributed by atoms with Crippen LogP contribution in [0, 0.1) is 6.92 Å². The van der Waals surface area contributed by atoms with Crippen LogP contribution in [0.4, 0.5) is 0 Å². The first kappa shape index (κ1) is 13.1. The molecule has 5 heteroatoms. The summed E-state index contributed by atoms with van der Waals surface area (Å²) >= 11 is 3.43. The molecule has 1 unspecified atom stereocenters. The molecule has 18 heavy (non-hydrogen) atoms. The van der Waals surface area contributed by atoms with Crippen LogP contribution in [-0.2, 0) is 6.61 Å². The SMILES string of the molecule is Cc1cc(COc2ccc(Br)cc2C(C)N)no1. The van der Waals surface area contributed by atoms with E-state index in [1.807, 2.05) is 38.1 Å². The molecular weight excluding hydrogens is 296 g/mol. The predicted molar refractivity (Wildman–Crippen MR) is 72.3 cm³/mol. The summed E-state index contributed by atoms with van der Waals surface area (Å²) in [4.78, 5) is 0. The minimum Gasteiger partial charge on any atom is -0.487 e. The fourth-order valence-corrected chi connectivity index (χ4v) is 2.02. The number of hydrogen-bond donors (Lipinski definition) is 1. The van der Waals surface area contributed by atoms with Crippen LogP contribution in [0.1, 0.15) is 30.0 Å². The van der Waals surface area contributed by atoms with Crippen molar-refractivity contribution in [3.05, 3.63) is 45.8 Å². The molecule has 1 aromatic heterocycles.